The highest BCUT2D eigenvalue weighted by Gasteiger charge is 2.07. The van der Waals surface area contributed by atoms with Gasteiger partial charge in [0.1, 0.15) is 5.75 Å². The molecule has 84 valence electrons. The number of nitrogens with zero attached hydrogens (tertiary/aromatic N) is 1. The van der Waals surface area contributed by atoms with Gasteiger partial charge in [-0.05, 0) is 48.0 Å². The molecule has 1 heterocycles. The van der Waals surface area contributed by atoms with Crippen LogP contribution in [0.2, 0.25) is 0 Å². The second-order valence-electron chi connectivity index (χ2n) is 3.68. The summed E-state index contributed by atoms with van der Waals surface area (Å²) in [5, 5.41) is 0. The summed E-state index contributed by atoms with van der Waals surface area (Å²) < 4.78 is 11.8. The summed E-state index contributed by atoms with van der Waals surface area (Å²) in [7, 11) is 0. The van der Waals surface area contributed by atoms with E-state index in [1.165, 1.54) is 6.39 Å². The zero-order chi connectivity index (χ0) is 11.5. The van der Waals surface area contributed by atoms with Gasteiger partial charge in [0.2, 0.25) is 0 Å². The molecule has 1 aromatic heterocycles. The molecule has 1 aromatic carbocycles. The van der Waals surface area contributed by atoms with Crippen molar-refractivity contribution in [2.75, 3.05) is 0 Å². The van der Waals surface area contributed by atoms with Gasteiger partial charge in [-0.1, -0.05) is 0 Å². The van der Waals surface area contributed by atoms with E-state index in [4.69, 9.17) is 9.15 Å². The summed E-state index contributed by atoms with van der Waals surface area (Å²) >= 11 is 3.47. The van der Waals surface area contributed by atoms with Crippen LogP contribution in [-0.2, 0) is 0 Å². The third-order valence-corrected chi connectivity index (χ3v) is 2.63. The van der Waals surface area contributed by atoms with Crippen molar-refractivity contribution in [3.8, 4) is 17.1 Å². The Morgan fingerprint density at radius 2 is 2.19 bits per heavy atom. The Morgan fingerprint density at radius 1 is 1.38 bits per heavy atom. The van der Waals surface area contributed by atoms with Crippen LogP contribution in [0.5, 0.6) is 5.75 Å². The molecule has 0 aliphatic heterocycles. The molecule has 16 heavy (non-hydrogen) atoms. The van der Waals surface area contributed by atoms with Crippen LogP contribution < -0.4 is 4.74 Å². The van der Waals surface area contributed by atoms with E-state index in [2.05, 4.69) is 20.9 Å². The van der Waals surface area contributed by atoms with Gasteiger partial charge in [0.25, 0.3) is 0 Å². The molecule has 0 saturated carbocycles. The first-order valence-electron chi connectivity index (χ1n) is 5.02. The molecule has 4 heteroatoms. The Balaban J connectivity index is 2.29. The van der Waals surface area contributed by atoms with Crippen LogP contribution in [0.25, 0.3) is 11.3 Å². The van der Waals surface area contributed by atoms with E-state index >= 15 is 0 Å². The average Bonchev–Trinajstić information content (AvgIpc) is 2.73. The smallest absolute Gasteiger partial charge is 0.181 e. The lowest BCUT2D eigenvalue weighted by Crippen LogP contribution is -2.05. The number of oxazole rings is 1. The molecule has 0 N–H and O–H groups in total. The molecule has 0 atom stereocenters. The number of rotatable bonds is 3. The van der Waals surface area contributed by atoms with Crippen molar-refractivity contribution in [3.63, 3.8) is 0 Å². The molecular weight excluding hydrogens is 270 g/mol. The number of ether oxygens (including phenoxy) is 1. The summed E-state index contributed by atoms with van der Waals surface area (Å²) in [4.78, 5) is 3.89. The summed E-state index contributed by atoms with van der Waals surface area (Å²) in [5.41, 5.74) is 0.973. The van der Waals surface area contributed by atoms with Crippen LogP contribution in [-0.4, -0.2) is 11.1 Å². The molecule has 3 nitrogen and oxygen atoms in total. The Kier molecular flexibility index (Phi) is 3.29. The van der Waals surface area contributed by atoms with Crippen molar-refractivity contribution >= 4 is 15.9 Å². The standard InChI is InChI=1S/C12H12BrNO2/c1-8(2)16-11-4-3-9(5-10(11)13)12-6-14-7-15-12/h3-8H,1-2H3. The lowest BCUT2D eigenvalue weighted by Gasteiger charge is -2.11. The lowest BCUT2D eigenvalue weighted by atomic mass is 10.2. The summed E-state index contributed by atoms with van der Waals surface area (Å²) in [6, 6.07) is 5.82. The molecule has 0 radical (unpaired) electrons. The van der Waals surface area contributed by atoms with Gasteiger partial charge < -0.3 is 9.15 Å². The van der Waals surface area contributed by atoms with Gasteiger partial charge in [0, 0.05) is 5.56 Å². The molecule has 0 aliphatic rings. The molecule has 0 spiro atoms. The molecule has 0 aliphatic carbocycles. The van der Waals surface area contributed by atoms with Crippen molar-refractivity contribution in [2.24, 2.45) is 0 Å². The number of hydrogen-bond acceptors (Lipinski definition) is 3. The average molecular weight is 282 g/mol. The quantitative estimate of drug-likeness (QED) is 0.856. The number of benzene rings is 1. The Bertz CT molecular complexity index is 466. The second-order valence-corrected chi connectivity index (χ2v) is 4.53. The zero-order valence-electron chi connectivity index (χ0n) is 9.11. The first-order valence-corrected chi connectivity index (χ1v) is 5.81. The fraction of sp³-hybridized carbons (Fsp3) is 0.250. The highest BCUT2D eigenvalue weighted by atomic mass is 79.9. The number of hydrogen-bond donors (Lipinski definition) is 0. The van der Waals surface area contributed by atoms with E-state index < -0.39 is 0 Å². The topological polar surface area (TPSA) is 35.3 Å². The van der Waals surface area contributed by atoms with Gasteiger partial charge in [0.05, 0.1) is 16.8 Å². The fourth-order valence-electron chi connectivity index (χ4n) is 1.36. The highest BCUT2D eigenvalue weighted by molar-refractivity contribution is 9.10. The van der Waals surface area contributed by atoms with E-state index in [9.17, 15) is 0 Å². The minimum Gasteiger partial charge on any atom is -0.490 e. The first-order chi connectivity index (χ1) is 7.66. The van der Waals surface area contributed by atoms with Gasteiger partial charge in [-0.2, -0.15) is 0 Å². The van der Waals surface area contributed by atoms with Gasteiger partial charge in [-0.15, -0.1) is 0 Å². The molecule has 0 bridgehead atoms. The first kappa shape index (κ1) is 11.2. The second kappa shape index (κ2) is 4.70. The van der Waals surface area contributed by atoms with Crippen LogP contribution in [0, 0.1) is 0 Å². The minimum atomic E-state index is 0.160. The van der Waals surface area contributed by atoms with E-state index in [1.54, 1.807) is 6.20 Å². The maximum Gasteiger partial charge on any atom is 0.181 e. The van der Waals surface area contributed by atoms with Gasteiger partial charge >= 0.3 is 0 Å². The van der Waals surface area contributed by atoms with E-state index in [-0.39, 0.29) is 6.10 Å². The Hall–Kier alpha value is -1.29. The summed E-state index contributed by atoms with van der Waals surface area (Å²) in [5.74, 6) is 1.58. The fourth-order valence-corrected chi connectivity index (χ4v) is 1.83. The molecule has 0 unspecified atom stereocenters. The lowest BCUT2D eigenvalue weighted by molar-refractivity contribution is 0.241. The molecular formula is C12H12BrNO2. The van der Waals surface area contributed by atoms with Crippen LogP contribution in [0.3, 0.4) is 0 Å². The monoisotopic (exact) mass is 281 g/mol. The van der Waals surface area contributed by atoms with Crippen LogP contribution >= 0.6 is 15.9 Å². The van der Waals surface area contributed by atoms with Gasteiger partial charge in [-0.3, -0.25) is 0 Å². The highest BCUT2D eigenvalue weighted by Crippen LogP contribution is 2.31. The third kappa shape index (κ3) is 2.44. The third-order valence-electron chi connectivity index (χ3n) is 2.01. The zero-order valence-corrected chi connectivity index (χ0v) is 10.7. The van der Waals surface area contributed by atoms with E-state index in [1.807, 2.05) is 32.0 Å². The molecule has 0 saturated heterocycles. The van der Waals surface area contributed by atoms with Crippen LogP contribution in [0.15, 0.2) is 39.7 Å². The predicted octanol–water partition coefficient (Wildman–Crippen LogP) is 3.89. The maximum atomic E-state index is 5.62. The van der Waals surface area contributed by atoms with E-state index in [0.29, 0.717) is 0 Å². The van der Waals surface area contributed by atoms with Crippen LogP contribution in [0.4, 0.5) is 0 Å². The number of halogens is 1. The van der Waals surface area contributed by atoms with Gasteiger partial charge in [0.15, 0.2) is 12.2 Å². The molecule has 0 amide bonds. The summed E-state index contributed by atoms with van der Waals surface area (Å²) in [6.07, 6.45) is 3.26. The number of aromatic nitrogens is 1. The van der Waals surface area contributed by atoms with Gasteiger partial charge in [-0.25, -0.2) is 4.98 Å². The van der Waals surface area contributed by atoms with Crippen molar-refractivity contribution in [3.05, 3.63) is 35.3 Å². The van der Waals surface area contributed by atoms with Crippen LogP contribution in [0.1, 0.15) is 13.8 Å². The van der Waals surface area contributed by atoms with Crippen molar-refractivity contribution < 1.29 is 9.15 Å². The molecule has 2 aromatic rings. The Labute approximate surface area is 103 Å². The SMILES string of the molecule is CC(C)Oc1ccc(-c2cnco2)cc1Br. The minimum absolute atomic E-state index is 0.160. The molecule has 0 fully saturated rings. The largest absolute Gasteiger partial charge is 0.490 e. The predicted molar refractivity (Wildman–Crippen MR) is 65.4 cm³/mol. The van der Waals surface area contributed by atoms with Crippen molar-refractivity contribution in [1.29, 1.82) is 0 Å². The van der Waals surface area contributed by atoms with Crippen molar-refractivity contribution in [2.45, 2.75) is 20.0 Å². The summed E-state index contributed by atoms with van der Waals surface area (Å²) in [6.45, 7) is 3.99. The maximum absolute atomic E-state index is 5.62. The molecule has 2 rings (SSSR count). The van der Waals surface area contributed by atoms with E-state index in [0.717, 1.165) is 21.5 Å². The normalized spacial score (nSPS) is 10.8. The van der Waals surface area contributed by atoms with Crippen molar-refractivity contribution in [1.82, 2.24) is 4.98 Å². The Morgan fingerprint density at radius 3 is 2.75 bits per heavy atom.